The number of hydrogen-bond acceptors (Lipinski definition) is 4. The number of carbonyl (C=O) groups is 2. The lowest BCUT2D eigenvalue weighted by atomic mass is 9.93. The van der Waals surface area contributed by atoms with Gasteiger partial charge in [-0.15, -0.1) is 0 Å². The monoisotopic (exact) mass is 283 g/mol. The Hall–Kier alpha value is -1.77. The Kier molecular flexibility index (Phi) is 4.40. The summed E-state index contributed by atoms with van der Waals surface area (Å²) >= 11 is 0. The van der Waals surface area contributed by atoms with E-state index in [2.05, 4.69) is 16.1 Å². The molecule has 108 valence electrons. The second kappa shape index (κ2) is 5.47. The number of carboxylic acid groups (broad SMARTS) is 1. The fraction of sp³-hybridized carbons (Fsp3) is 0.600. The van der Waals surface area contributed by atoms with Crippen molar-refractivity contribution in [1.29, 1.82) is 0 Å². The molecule has 0 unspecified atom stereocenters. The summed E-state index contributed by atoms with van der Waals surface area (Å²) < 4.78 is 47.3. The van der Waals surface area contributed by atoms with E-state index < -0.39 is 43.5 Å². The molecule has 0 spiro atoms. The van der Waals surface area contributed by atoms with Crippen LogP contribution in [0.15, 0.2) is 12.7 Å². The van der Waals surface area contributed by atoms with Gasteiger partial charge >= 0.3 is 18.2 Å². The Morgan fingerprint density at radius 3 is 2.42 bits per heavy atom. The SMILES string of the molecule is C=CCOC(=O)N1CC(OCC(=O)O)(C(F)(F)F)C1. The minimum atomic E-state index is -4.77. The molecule has 0 aromatic heterocycles. The van der Waals surface area contributed by atoms with Gasteiger partial charge in [0.15, 0.2) is 5.60 Å². The highest BCUT2D eigenvalue weighted by atomic mass is 19.4. The Morgan fingerprint density at radius 2 is 2.00 bits per heavy atom. The largest absolute Gasteiger partial charge is 0.480 e. The number of aliphatic carboxylic acids is 1. The van der Waals surface area contributed by atoms with Crippen molar-refractivity contribution < 1.29 is 37.3 Å². The van der Waals surface area contributed by atoms with Crippen LogP contribution in [0.1, 0.15) is 0 Å². The number of halogens is 3. The zero-order chi connectivity index (χ0) is 14.7. The minimum absolute atomic E-state index is 0.121. The van der Waals surface area contributed by atoms with Crippen molar-refractivity contribution >= 4 is 12.1 Å². The van der Waals surface area contributed by atoms with Gasteiger partial charge in [0, 0.05) is 0 Å². The summed E-state index contributed by atoms with van der Waals surface area (Å²) in [4.78, 5) is 22.3. The summed E-state index contributed by atoms with van der Waals surface area (Å²) in [5.41, 5.74) is -2.64. The van der Waals surface area contributed by atoms with Gasteiger partial charge in [0.25, 0.3) is 0 Å². The van der Waals surface area contributed by atoms with Crippen LogP contribution < -0.4 is 0 Å². The normalized spacial score (nSPS) is 17.5. The lowest BCUT2D eigenvalue weighted by molar-refractivity contribution is -0.311. The first-order chi connectivity index (χ1) is 8.72. The summed E-state index contributed by atoms with van der Waals surface area (Å²) in [7, 11) is 0. The summed E-state index contributed by atoms with van der Waals surface area (Å²) in [5, 5.41) is 8.34. The van der Waals surface area contributed by atoms with E-state index in [0.29, 0.717) is 0 Å². The van der Waals surface area contributed by atoms with E-state index in [0.717, 1.165) is 4.90 Å². The molecule has 1 saturated heterocycles. The van der Waals surface area contributed by atoms with E-state index in [1.807, 2.05) is 0 Å². The first-order valence-corrected chi connectivity index (χ1v) is 5.17. The van der Waals surface area contributed by atoms with Gasteiger partial charge in [-0.25, -0.2) is 9.59 Å². The summed E-state index contributed by atoms with van der Waals surface area (Å²) in [6.07, 6.45) is -4.42. The van der Waals surface area contributed by atoms with Gasteiger partial charge in [-0.3, -0.25) is 0 Å². The third-order valence-corrected chi connectivity index (χ3v) is 2.46. The van der Waals surface area contributed by atoms with Gasteiger partial charge in [-0.1, -0.05) is 12.7 Å². The number of nitrogens with zero attached hydrogens (tertiary/aromatic N) is 1. The molecular weight excluding hydrogens is 271 g/mol. The fourth-order valence-electron chi connectivity index (χ4n) is 1.47. The van der Waals surface area contributed by atoms with E-state index in [-0.39, 0.29) is 6.61 Å². The predicted octanol–water partition coefficient (Wildman–Crippen LogP) is 1.03. The van der Waals surface area contributed by atoms with E-state index in [1.165, 1.54) is 6.08 Å². The van der Waals surface area contributed by atoms with Gasteiger partial charge in [-0.05, 0) is 0 Å². The number of carbonyl (C=O) groups excluding carboxylic acids is 1. The van der Waals surface area contributed by atoms with Crippen LogP contribution >= 0.6 is 0 Å². The van der Waals surface area contributed by atoms with E-state index in [1.54, 1.807) is 0 Å². The van der Waals surface area contributed by atoms with Gasteiger partial charge in [0.05, 0.1) is 13.1 Å². The second-order valence-corrected chi connectivity index (χ2v) is 3.90. The van der Waals surface area contributed by atoms with Gasteiger partial charge in [0.1, 0.15) is 13.2 Å². The summed E-state index contributed by atoms with van der Waals surface area (Å²) in [6.45, 7) is 0.494. The van der Waals surface area contributed by atoms with Crippen LogP contribution in [0.5, 0.6) is 0 Å². The second-order valence-electron chi connectivity index (χ2n) is 3.90. The molecule has 1 aliphatic heterocycles. The molecule has 0 aromatic rings. The van der Waals surface area contributed by atoms with Crippen molar-refractivity contribution in [3.05, 3.63) is 12.7 Å². The molecular formula is C10H12F3NO5. The number of likely N-dealkylation sites (tertiary alicyclic amines) is 1. The summed E-state index contributed by atoms with van der Waals surface area (Å²) in [5.74, 6) is -1.52. The van der Waals surface area contributed by atoms with Crippen molar-refractivity contribution in [3.8, 4) is 0 Å². The Bertz CT molecular complexity index is 376. The average molecular weight is 283 g/mol. The van der Waals surface area contributed by atoms with Crippen LogP contribution in [0, 0.1) is 0 Å². The van der Waals surface area contributed by atoms with Crippen LogP contribution in [0.25, 0.3) is 0 Å². The number of alkyl halides is 3. The Morgan fingerprint density at radius 1 is 1.42 bits per heavy atom. The first-order valence-electron chi connectivity index (χ1n) is 5.17. The zero-order valence-corrected chi connectivity index (χ0v) is 9.77. The fourth-order valence-corrected chi connectivity index (χ4v) is 1.47. The Labute approximate surface area is 106 Å². The molecule has 9 heteroatoms. The van der Waals surface area contributed by atoms with Crippen LogP contribution in [0.4, 0.5) is 18.0 Å². The molecule has 1 N–H and O–H groups in total. The number of rotatable bonds is 5. The van der Waals surface area contributed by atoms with Crippen LogP contribution in [-0.2, 0) is 14.3 Å². The van der Waals surface area contributed by atoms with Gasteiger partial charge < -0.3 is 19.5 Å². The highest BCUT2D eigenvalue weighted by Gasteiger charge is 2.64. The third kappa shape index (κ3) is 3.37. The molecule has 0 saturated carbocycles. The molecule has 0 atom stereocenters. The number of ether oxygens (including phenoxy) is 2. The molecule has 0 bridgehead atoms. The first kappa shape index (κ1) is 15.3. The van der Waals surface area contributed by atoms with Gasteiger partial charge in [0.2, 0.25) is 0 Å². The van der Waals surface area contributed by atoms with E-state index >= 15 is 0 Å². The number of hydrogen-bond donors (Lipinski definition) is 1. The van der Waals surface area contributed by atoms with Crippen molar-refractivity contribution in [2.45, 2.75) is 11.8 Å². The lowest BCUT2D eigenvalue weighted by Crippen LogP contribution is -2.71. The third-order valence-electron chi connectivity index (χ3n) is 2.46. The molecule has 1 amide bonds. The molecule has 6 nitrogen and oxygen atoms in total. The molecule has 1 heterocycles. The molecule has 1 rings (SSSR count). The van der Waals surface area contributed by atoms with Gasteiger partial charge in [-0.2, -0.15) is 13.2 Å². The van der Waals surface area contributed by atoms with Crippen molar-refractivity contribution in [3.63, 3.8) is 0 Å². The number of amides is 1. The molecule has 0 radical (unpaired) electrons. The Balaban J connectivity index is 2.61. The summed E-state index contributed by atoms with van der Waals surface area (Å²) in [6, 6.07) is 0. The topological polar surface area (TPSA) is 76.1 Å². The van der Waals surface area contributed by atoms with E-state index in [4.69, 9.17) is 5.11 Å². The van der Waals surface area contributed by atoms with Crippen LogP contribution in [0.3, 0.4) is 0 Å². The van der Waals surface area contributed by atoms with Crippen molar-refractivity contribution in [2.24, 2.45) is 0 Å². The number of carboxylic acids is 1. The maximum absolute atomic E-state index is 12.8. The highest BCUT2D eigenvalue weighted by Crippen LogP contribution is 2.41. The smallest absolute Gasteiger partial charge is 0.420 e. The molecule has 1 fully saturated rings. The van der Waals surface area contributed by atoms with Crippen molar-refractivity contribution in [2.75, 3.05) is 26.3 Å². The predicted molar refractivity (Wildman–Crippen MR) is 55.5 cm³/mol. The average Bonchev–Trinajstić information content (AvgIpc) is 2.22. The standard InChI is InChI=1S/C10H12F3NO5/c1-2-3-18-8(17)14-5-9(6-14,10(11,12)13)19-4-7(15)16/h2H,1,3-6H2,(H,15,16). The maximum Gasteiger partial charge on any atom is 0.420 e. The zero-order valence-electron chi connectivity index (χ0n) is 9.77. The molecule has 0 aromatic carbocycles. The molecule has 19 heavy (non-hydrogen) atoms. The van der Waals surface area contributed by atoms with E-state index in [9.17, 15) is 22.8 Å². The molecule has 1 aliphatic rings. The maximum atomic E-state index is 12.8. The lowest BCUT2D eigenvalue weighted by Gasteiger charge is -2.48. The molecule has 0 aliphatic carbocycles. The minimum Gasteiger partial charge on any atom is -0.480 e. The quantitative estimate of drug-likeness (QED) is 0.762. The highest BCUT2D eigenvalue weighted by molar-refractivity contribution is 5.70. The van der Waals surface area contributed by atoms with Crippen molar-refractivity contribution in [1.82, 2.24) is 4.90 Å². The van der Waals surface area contributed by atoms with Crippen LogP contribution in [-0.4, -0.2) is 60.1 Å². The van der Waals surface area contributed by atoms with Crippen LogP contribution in [0.2, 0.25) is 0 Å².